The summed E-state index contributed by atoms with van der Waals surface area (Å²) in [7, 11) is 0. The summed E-state index contributed by atoms with van der Waals surface area (Å²) in [6.45, 7) is 2.14. The summed E-state index contributed by atoms with van der Waals surface area (Å²) in [5, 5.41) is 10.00. The maximum atomic E-state index is 13.2. The molecule has 0 bridgehead atoms. The van der Waals surface area contributed by atoms with E-state index in [2.05, 4.69) is 0 Å². The molecule has 1 aliphatic rings. The van der Waals surface area contributed by atoms with Gasteiger partial charge in [0.05, 0.1) is 18.2 Å². The Kier molecular flexibility index (Phi) is 2.26. The van der Waals surface area contributed by atoms with Crippen molar-refractivity contribution in [1.82, 2.24) is 0 Å². The zero-order valence-corrected chi connectivity index (χ0v) is 8.44. The van der Waals surface area contributed by atoms with Gasteiger partial charge in [-0.05, 0) is 24.1 Å². The molecule has 1 aromatic rings. The third-order valence-corrected chi connectivity index (χ3v) is 2.91. The lowest BCUT2D eigenvalue weighted by Gasteiger charge is -2.37. The molecule has 0 spiro atoms. The van der Waals surface area contributed by atoms with E-state index in [0.717, 1.165) is 0 Å². The molecule has 0 amide bonds. The third kappa shape index (κ3) is 1.41. The van der Waals surface area contributed by atoms with Gasteiger partial charge in [-0.25, -0.2) is 4.39 Å². The van der Waals surface area contributed by atoms with Crippen molar-refractivity contribution >= 4 is 11.6 Å². The first-order chi connectivity index (χ1) is 6.53. The molecule has 0 aliphatic carbocycles. The number of benzene rings is 1. The Bertz CT molecular complexity index is 351. The van der Waals surface area contributed by atoms with Gasteiger partial charge in [0.25, 0.3) is 0 Å². The second-order valence-electron chi connectivity index (χ2n) is 3.61. The molecule has 1 N–H and O–H groups in total. The van der Waals surface area contributed by atoms with Crippen LogP contribution in [-0.4, -0.2) is 18.3 Å². The lowest BCUT2D eigenvalue weighted by Crippen LogP contribution is -2.46. The van der Waals surface area contributed by atoms with E-state index in [1.165, 1.54) is 6.07 Å². The number of aryl methyl sites for hydroxylation is 1. The Labute approximate surface area is 86.3 Å². The van der Waals surface area contributed by atoms with Crippen LogP contribution in [0.25, 0.3) is 0 Å². The van der Waals surface area contributed by atoms with Gasteiger partial charge in [0.15, 0.2) is 0 Å². The van der Waals surface area contributed by atoms with Crippen LogP contribution in [0.1, 0.15) is 11.1 Å². The molecule has 2 nitrogen and oxygen atoms in total. The molecular weight excluding hydrogens is 207 g/mol. The summed E-state index contributed by atoms with van der Waals surface area (Å²) in [6.07, 6.45) is 0. The predicted octanol–water partition coefficient (Wildman–Crippen LogP) is 2.01. The molecule has 1 saturated heterocycles. The minimum absolute atomic E-state index is 0.109. The smallest absolute Gasteiger partial charge is 0.142 e. The van der Waals surface area contributed by atoms with E-state index in [9.17, 15) is 9.50 Å². The zero-order valence-electron chi connectivity index (χ0n) is 7.68. The number of halogens is 2. The minimum atomic E-state index is -1.03. The lowest BCUT2D eigenvalue weighted by molar-refractivity contribution is -0.184. The Morgan fingerprint density at radius 2 is 2.14 bits per heavy atom. The molecule has 0 saturated carbocycles. The van der Waals surface area contributed by atoms with Crippen LogP contribution in [0.15, 0.2) is 12.1 Å². The van der Waals surface area contributed by atoms with Crippen molar-refractivity contribution in [1.29, 1.82) is 0 Å². The van der Waals surface area contributed by atoms with Gasteiger partial charge in [-0.3, -0.25) is 0 Å². The van der Waals surface area contributed by atoms with Crippen LogP contribution < -0.4 is 0 Å². The van der Waals surface area contributed by atoms with E-state index < -0.39 is 11.4 Å². The van der Waals surface area contributed by atoms with Crippen molar-refractivity contribution in [2.45, 2.75) is 12.5 Å². The number of rotatable bonds is 1. The zero-order chi connectivity index (χ0) is 10.3. The van der Waals surface area contributed by atoms with Crippen molar-refractivity contribution < 1.29 is 14.2 Å². The highest BCUT2D eigenvalue weighted by Gasteiger charge is 2.38. The molecule has 1 fully saturated rings. The van der Waals surface area contributed by atoms with Crippen molar-refractivity contribution in [3.05, 3.63) is 34.1 Å². The first kappa shape index (κ1) is 9.90. The number of hydrogen-bond donors (Lipinski definition) is 1. The van der Waals surface area contributed by atoms with Crippen LogP contribution in [0.5, 0.6) is 0 Å². The summed E-state index contributed by atoms with van der Waals surface area (Å²) >= 11 is 5.67. The molecule has 0 unspecified atom stereocenters. The molecule has 2 rings (SSSR count). The van der Waals surface area contributed by atoms with E-state index in [1.807, 2.05) is 0 Å². The van der Waals surface area contributed by atoms with Gasteiger partial charge < -0.3 is 9.84 Å². The van der Waals surface area contributed by atoms with E-state index >= 15 is 0 Å². The summed E-state index contributed by atoms with van der Waals surface area (Å²) in [6, 6.07) is 2.95. The summed E-state index contributed by atoms with van der Waals surface area (Å²) in [5.74, 6) is -0.498. The van der Waals surface area contributed by atoms with Gasteiger partial charge in [-0.1, -0.05) is 17.7 Å². The number of aliphatic hydroxyl groups is 1. The summed E-state index contributed by atoms with van der Waals surface area (Å²) in [5.41, 5.74) is 0.126. The second kappa shape index (κ2) is 3.19. The molecular formula is C10H10ClFO2. The van der Waals surface area contributed by atoms with Gasteiger partial charge in [-0.15, -0.1) is 0 Å². The maximum absolute atomic E-state index is 13.2. The fourth-order valence-corrected chi connectivity index (χ4v) is 1.57. The lowest BCUT2D eigenvalue weighted by atomic mass is 9.91. The molecule has 1 aromatic carbocycles. The fraction of sp³-hybridized carbons (Fsp3) is 0.400. The van der Waals surface area contributed by atoms with E-state index in [0.29, 0.717) is 11.1 Å². The summed E-state index contributed by atoms with van der Waals surface area (Å²) in [4.78, 5) is 0. The second-order valence-corrected chi connectivity index (χ2v) is 3.99. The van der Waals surface area contributed by atoms with Crippen molar-refractivity contribution in [3.63, 3.8) is 0 Å². The van der Waals surface area contributed by atoms with Crippen LogP contribution in [0, 0.1) is 12.7 Å². The van der Waals surface area contributed by atoms with Crippen LogP contribution in [0.4, 0.5) is 4.39 Å². The highest BCUT2D eigenvalue weighted by molar-refractivity contribution is 6.31. The van der Waals surface area contributed by atoms with Crippen molar-refractivity contribution in [2.24, 2.45) is 0 Å². The average molecular weight is 217 g/mol. The molecule has 4 heteroatoms. The molecule has 1 heterocycles. The van der Waals surface area contributed by atoms with Crippen LogP contribution in [0.3, 0.4) is 0 Å². The maximum Gasteiger partial charge on any atom is 0.142 e. The minimum Gasteiger partial charge on any atom is -0.380 e. The highest BCUT2D eigenvalue weighted by atomic mass is 35.5. The molecule has 1 aliphatic heterocycles. The standard InChI is InChI=1S/C10H10ClFO2/c1-6-2-7(3-8(12)9(6)11)10(13)4-14-5-10/h2-3,13H,4-5H2,1H3. The fourth-order valence-electron chi connectivity index (χ4n) is 1.46. The van der Waals surface area contributed by atoms with E-state index in [-0.39, 0.29) is 18.2 Å². The molecule has 0 atom stereocenters. The SMILES string of the molecule is Cc1cc(C2(O)COC2)cc(F)c1Cl. The first-order valence-corrected chi connectivity index (χ1v) is 4.67. The number of ether oxygens (including phenoxy) is 1. The topological polar surface area (TPSA) is 29.5 Å². The first-order valence-electron chi connectivity index (χ1n) is 4.29. The quantitative estimate of drug-likeness (QED) is 0.778. The normalized spacial score (nSPS) is 19.1. The van der Waals surface area contributed by atoms with Crippen LogP contribution >= 0.6 is 11.6 Å². The van der Waals surface area contributed by atoms with E-state index in [4.69, 9.17) is 16.3 Å². The Morgan fingerprint density at radius 1 is 1.50 bits per heavy atom. The van der Waals surface area contributed by atoms with Gasteiger partial charge in [0, 0.05) is 0 Å². The van der Waals surface area contributed by atoms with E-state index in [1.54, 1.807) is 13.0 Å². The molecule has 0 aromatic heterocycles. The van der Waals surface area contributed by atoms with Gasteiger partial charge >= 0.3 is 0 Å². The Morgan fingerprint density at radius 3 is 2.57 bits per heavy atom. The van der Waals surface area contributed by atoms with Crippen molar-refractivity contribution in [2.75, 3.05) is 13.2 Å². The Balaban J connectivity index is 2.45. The third-order valence-electron chi connectivity index (χ3n) is 2.43. The highest BCUT2D eigenvalue weighted by Crippen LogP contribution is 2.32. The molecule has 76 valence electrons. The number of hydrogen-bond acceptors (Lipinski definition) is 2. The predicted molar refractivity (Wildman–Crippen MR) is 50.9 cm³/mol. The monoisotopic (exact) mass is 216 g/mol. The molecule has 0 radical (unpaired) electrons. The van der Waals surface area contributed by atoms with Crippen LogP contribution in [-0.2, 0) is 10.3 Å². The Hall–Kier alpha value is -0.640. The van der Waals surface area contributed by atoms with Gasteiger partial charge in [0.1, 0.15) is 11.4 Å². The van der Waals surface area contributed by atoms with Gasteiger partial charge in [0.2, 0.25) is 0 Å². The average Bonchev–Trinajstić information content (AvgIpc) is 2.09. The van der Waals surface area contributed by atoms with Crippen molar-refractivity contribution in [3.8, 4) is 0 Å². The largest absolute Gasteiger partial charge is 0.380 e. The van der Waals surface area contributed by atoms with Crippen LogP contribution in [0.2, 0.25) is 5.02 Å². The van der Waals surface area contributed by atoms with Gasteiger partial charge in [-0.2, -0.15) is 0 Å². The summed E-state index contributed by atoms with van der Waals surface area (Å²) < 4.78 is 18.1. The molecule has 14 heavy (non-hydrogen) atoms.